The molecule has 2 N–H and O–H groups in total. The second-order valence-corrected chi connectivity index (χ2v) is 23.0. The monoisotopic (exact) mass is 1180 g/mol. The van der Waals surface area contributed by atoms with Gasteiger partial charge in [0.05, 0.1) is 80.9 Å². The van der Waals surface area contributed by atoms with E-state index in [9.17, 15) is 22.0 Å². The lowest BCUT2D eigenvalue weighted by molar-refractivity contribution is 0.0751. The molecule has 0 bridgehead atoms. The van der Waals surface area contributed by atoms with Crippen molar-refractivity contribution in [1.29, 1.82) is 0 Å². The number of piperidine rings is 3. The Balaban J connectivity index is 0.000000121. The van der Waals surface area contributed by atoms with Gasteiger partial charge in [-0.25, -0.2) is 45.3 Å². The van der Waals surface area contributed by atoms with Gasteiger partial charge in [0.1, 0.15) is 23.3 Å². The first-order chi connectivity index (χ1) is 42.1. The van der Waals surface area contributed by atoms with Crippen LogP contribution in [0.15, 0.2) is 104 Å². The number of aryl methyl sites for hydroxylation is 4. The van der Waals surface area contributed by atoms with Gasteiger partial charge >= 0.3 is 0 Å². The molecule has 0 spiro atoms. The summed E-state index contributed by atoms with van der Waals surface area (Å²) >= 11 is 0. The van der Waals surface area contributed by atoms with Crippen molar-refractivity contribution in [3.8, 4) is 33.6 Å². The maximum absolute atomic E-state index is 15.1. The Kier molecular flexibility index (Phi) is 15.8. The Labute approximate surface area is 495 Å². The fourth-order valence-corrected chi connectivity index (χ4v) is 12.2. The first-order valence-corrected chi connectivity index (χ1v) is 29.3. The summed E-state index contributed by atoms with van der Waals surface area (Å²) in [6.45, 7) is 10.5. The van der Waals surface area contributed by atoms with E-state index in [0.717, 1.165) is 96.9 Å². The molecule has 0 radical (unpaired) electrons. The third-order valence-electron chi connectivity index (χ3n) is 16.7. The maximum Gasteiger partial charge on any atom is 0.251 e. The van der Waals surface area contributed by atoms with Crippen LogP contribution in [0.5, 0.6) is 0 Å². The first kappa shape index (κ1) is 57.2. The SMILES string of the molecule is Cc1cn2nc(-c3cc(F)c4cc(C5CCN(CC(F)F)CC5)nnc4c3)cc(C)c2n1.Cc1cn2nc(-c3cc(F)c4cc(C5CCNCC5)nnc4c3)ccc2n1.Cn1cc2cc(-c3cc(F)c4cc(C5CCNCC5)nnc4c3)c(F)cc2n1. The number of imidazole rings is 2. The molecule has 15 rings (SSSR count). The largest absolute Gasteiger partial charge is 0.317 e. The summed E-state index contributed by atoms with van der Waals surface area (Å²) in [5, 5.41) is 48.0. The molecule has 3 aliphatic rings. The van der Waals surface area contributed by atoms with Crippen molar-refractivity contribution >= 4 is 54.9 Å². The van der Waals surface area contributed by atoms with Crippen LogP contribution in [0.1, 0.15) is 90.3 Å². The highest BCUT2D eigenvalue weighted by molar-refractivity contribution is 5.90. The summed E-state index contributed by atoms with van der Waals surface area (Å²) in [6, 6.07) is 23.8. The number of aromatic nitrogens is 14. The van der Waals surface area contributed by atoms with Gasteiger partial charge in [-0.05, 0) is 189 Å². The molecule has 3 saturated heterocycles. The van der Waals surface area contributed by atoms with Gasteiger partial charge in [0.2, 0.25) is 0 Å². The van der Waals surface area contributed by atoms with Crippen LogP contribution in [0.25, 0.3) is 88.5 Å². The first-order valence-electron chi connectivity index (χ1n) is 29.3. The third-order valence-corrected chi connectivity index (χ3v) is 16.7. The molecule has 0 aliphatic carbocycles. The summed E-state index contributed by atoms with van der Waals surface area (Å²) in [7, 11) is 1.78. The minimum atomic E-state index is -2.33. The molecule has 0 atom stereocenters. The van der Waals surface area contributed by atoms with E-state index in [-0.39, 0.29) is 24.1 Å². The molecule has 3 fully saturated rings. The summed E-state index contributed by atoms with van der Waals surface area (Å²) in [6.07, 6.45) is 8.53. The zero-order valence-electron chi connectivity index (χ0n) is 48.3. The second kappa shape index (κ2) is 24.1. The average molecular weight is 1180 g/mol. The third kappa shape index (κ3) is 12.1. The predicted molar refractivity (Wildman–Crippen MR) is 320 cm³/mol. The number of alkyl halides is 2. The number of benzene rings is 4. The van der Waals surface area contributed by atoms with Gasteiger partial charge in [0.15, 0.2) is 11.3 Å². The highest BCUT2D eigenvalue weighted by Crippen LogP contribution is 2.35. The topological polar surface area (TPSA) is 183 Å². The van der Waals surface area contributed by atoms with E-state index >= 15 is 4.39 Å². The normalized spacial score (nSPS) is 15.7. The van der Waals surface area contributed by atoms with Crippen molar-refractivity contribution in [3.05, 3.63) is 161 Å². The van der Waals surface area contributed by atoms with Crippen LogP contribution in [0.2, 0.25) is 0 Å². The van der Waals surface area contributed by atoms with Crippen LogP contribution >= 0.6 is 0 Å². The highest BCUT2D eigenvalue weighted by Gasteiger charge is 2.26. The van der Waals surface area contributed by atoms with Gasteiger partial charge in [-0.1, -0.05) is 0 Å². The summed E-state index contributed by atoms with van der Waals surface area (Å²) in [5.41, 5.74) is 12.0. The molecule has 444 valence electrons. The Morgan fingerprint density at radius 2 is 1.00 bits per heavy atom. The van der Waals surface area contributed by atoms with E-state index in [1.807, 2.05) is 63.5 Å². The molecule has 4 aromatic carbocycles. The van der Waals surface area contributed by atoms with Crippen molar-refractivity contribution in [3.63, 3.8) is 0 Å². The number of hydrogen-bond donors (Lipinski definition) is 2. The number of fused-ring (bicyclic) bond motifs is 6. The van der Waals surface area contributed by atoms with Gasteiger partial charge in [0.25, 0.3) is 6.43 Å². The van der Waals surface area contributed by atoms with Crippen molar-refractivity contribution in [2.24, 2.45) is 7.05 Å². The average Bonchev–Trinajstić information content (AvgIpc) is 3.24. The van der Waals surface area contributed by atoms with Crippen molar-refractivity contribution in [1.82, 2.24) is 85.1 Å². The van der Waals surface area contributed by atoms with Crippen LogP contribution < -0.4 is 10.6 Å². The van der Waals surface area contributed by atoms with Crippen LogP contribution in [0.3, 0.4) is 0 Å². The van der Waals surface area contributed by atoms with Crippen LogP contribution in [0, 0.1) is 44.0 Å². The number of hydrogen-bond acceptors (Lipinski definition) is 14. The van der Waals surface area contributed by atoms with Gasteiger partial charge in [-0.2, -0.15) is 45.9 Å². The number of nitrogens with one attached hydrogen (secondary N) is 2. The molecular weight excluding hydrogens is 1120 g/mol. The zero-order valence-corrected chi connectivity index (χ0v) is 48.3. The smallest absolute Gasteiger partial charge is 0.251 e. The van der Waals surface area contributed by atoms with Crippen LogP contribution in [-0.2, 0) is 7.05 Å². The minimum absolute atomic E-state index is 0.0936. The van der Waals surface area contributed by atoms with Crippen LogP contribution in [-0.4, -0.2) is 127 Å². The molecular formula is C64H61F6N17. The molecule has 8 aromatic heterocycles. The Bertz CT molecular complexity index is 4540. The van der Waals surface area contributed by atoms with E-state index in [2.05, 4.69) is 66.5 Å². The van der Waals surface area contributed by atoms with Crippen molar-refractivity contribution < 1.29 is 26.3 Å². The second-order valence-electron chi connectivity index (χ2n) is 23.0. The molecule has 3 aliphatic heterocycles. The highest BCUT2D eigenvalue weighted by atomic mass is 19.3. The number of likely N-dealkylation sites (tertiary alicyclic amines) is 1. The van der Waals surface area contributed by atoms with Gasteiger partial charge in [-0.15, -0.1) is 0 Å². The minimum Gasteiger partial charge on any atom is -0.317 e. The lowest BCUT2D eigenvalue weighted by atomic mass is 9.92. The molecule has 0 amide bonds. The number of rotatable bonds is 8. The quantitative estimate of drug-likeness (QED) is 0.137. The van der Waals surface area contributed by atoms with E-state index in [1.165, 1.54) is 24.3 Å². The standard InChI is InChI=1S/C23H23F3N6.C21H19F2N5.C20H19FN6/c1-13-7-20(30-32-11-14(2)27-23(13)32)16-8-18(24)17-10-19(28-29-21(17)9-16)15-3-5-31(6-4-15)12-22(25)26;1-28-11-14-6-15(18(23)10-20(14)27-28)13-7-17(22)16-9-19(25-26-21(16)8-13)12-2-4-24-5-3-12;1-12-11-27-20(23-12)3-2-17(26-27)14-8-16(21)15-10-18(24-25-19(15)9-14)13-4-6-22-7-5-13/h7-11,15,22H,3-6,12H2,1-2H3;6-12,24H,2-5H2,1H3;2-3,8-11,13,22H,4-7H2,1H3. The maximum atomic E-state index is 15.1. The van der Waals surface area contributed by atoms with E-state index in [1.54, 1.807) is 62.2 Å². The molecule has 17 nitrogen and oxygen atoms in total. The Morgan fingerprint density at radius 1 is 0.494 bits per heavy atom. The zero-order chi connectivity index (χ0) is 60.0. The summed E-state index contributed by atoms with van der Waals surface area (Å²) in [5.74, 6) is -0.802. The number of nitrogens with zero attached hydrogens (tertiary/aromatic N) is 15. The van der Waals surface area contributed by atoms with E-state index in [0.29, 0.717) is 115 Å². The predicted octanol–water partition coefficient (Wildman–Crippen LogP) is 11.7. The lowest BCUT2D eigenvalue weighted by Crippen LogP contribution is -2.36. The number of halogens is 6. The van der Waals surface area contributed by atoms with Crippen molar-refractivity contribution in [2.45, 2.75) is 83.5 Å². The lowest BCUT2D eigenvalue weighted by Gasteiger charge is -2.31. The molecule has 11 heterocycles. The summed E-state index contributed by atoms with van der Waals surface area (Å²) < 4.78 is 89.8. The van der Waals surface area contributed by atoms with Gasteiger partial charge < -0.3 is 10.6 Å². The van der Waals surface area contributed by atoms with Crippen molar-refractivity contribution in [2.75, 3.05) is 45.8 Å². The van der Waals surface area contributed by atoms with Gasteiger partial charge in [-0.3, -0.25) is 9.58 Å². The molecule has 0 unspecified atom stereocenters. The summed E-state index contributed by atoms with van der Waals surface area (Å²) in [4.78, 5) is 10.6. The molecule has 87 heavy (non-hydrogen) atoms. The molecule has 12 aromatic rings. The van der Waals surface area contributed by atoms with Gasteiger partial charge in [0, 0.05) is 75.3 Å². The van der Waals surface area contributed by atoms with E-state index in [4.69, 9.17) is 0 Å². The van der Waals surface area contributed by atoms with Crippen LogP contribution in [0.4, 0.5) is 26.3 Å². The fourth-order valence-electron chi connectivity index (χ4n) is 12.2. The molecule has 0 saturated carbocycles. The Morgan fingerprint density at radius 3 is 1.57 bits per heavy atom. The molecule has 23 heteroatoms. The Hall–Kier alpha value is -8.93. The van der Waals surface area contributed by atoms with E-state index < -0.39 is 18.1 Å². The fraction of sp³-hybridized carbons (Fsp3) is 0.328.